The van der Waals surface area contributed by atoms with Crippen LogP contribution in [0.25, 0.3) is 0 Å². The van der Waals surface area contributed by atoms with Gasteiger partial charge in [-0.15, -0.1) is 0 Å². The van der Waals surface area contributed by atoms with E-state index in [1.54, 1.807) is 6.07 Å². The predicted molar refractivity (Wildman–Crippen MR) is 87.3 cm³/mol. The van der Waals surface area contributed by atoms with E-state index in [1.807, 2.05) is 31.7 Å². The first-order valence-corrected chi connectivity index (χ1v) is 8.48. The number of nitrogens with one attached hydrogen (secondary N) is 1. The van der Waals surface area contributed by atoms with Crippen molar-refractivity contribution in [1.29, 1.82) is 0 Å². The maximum absolute atomic E-state index is 12.1. The Balaban J connectivity index is 2.47. The lowest BCUT2D eigenvalue weighted by atomic mass is 10.1. The van der Waals surface area contributed by atoms with Crippen molar-refractivity contribution in [2.45, 2.75) is 39.0 Å². The summed E-state index contributed by atoms with van der Waals surface area (Å²) < 4.78 is 0. The number of hydrogen-bond acceptors (Lipinski definition) is 4. The normalized spacial score (nSPS) is 10.8. The van der Waals surface area contributed by atoms with E-state index in [2.05, 4.69) is 16.6 Å². The molecule has 0 atom stereocenters. The number of rotatable bonds is 8. The molecule has 0 radical (unpaired) electrons. The fourth-order valence-electron chi connectivity index (χ4n) is 1.85. The highest BCUT2D eigenvalue weighted by atomic mass is 32.2. The summed E-state index contributed by atoms with van der Waals surface area (Å²) in [4.78, 5) is 16.3. The van der Waals surface area contributed by atoms with Gasteiger partial charge in [-0.05, 0) is 42.9 Å². The number of pyridine rings is 1. The number of carbonyl (C=O) groups excluding carboxylic acids is 1. The Bertz CT molecular complexity index is 435. The topological polar surface area (TPSA) is 68.0 Å². The van der Waals surface area contributed by atoms with E-state index >= 15 is 0 Å². The largest absolute Gasteiger partial charge is 0.384 e. The van der Waals surface area contributed by atoms with Crippen molar-refractivity contribution >= 4 is 23.5 Å². The van der Waals surface area contributed by atoms with Gasteiger partial charge in [0, 0.05) is 17.8 Å². The third-order valence-corrected chi connectivity index (χ3v) is 3.73. The molecule has 0 saturated carbocycles. The van der Waals surface area contributed by atoms with Gasteiger partial charge in [0.1, 0.15) is 5.82 Å². The van der Waals surface area contributed by atoms with Crippen LogP contribution in [0.15, 0.2) is 12.1 Å². The van der Waals surface area contributed by atoms with E-state index < -0.39 is 0 Å². The predicted octanol–water partition coefficient (Wildman–Crippen LogP) is 3.05. The Morgan fingerprint density at radius 3 is 2.75 bits per heavy atom. The lowest BCUT2D eigenvalue weighted by Crippen LogP contribution is -2.25. The molecule has 1 rings (SSSR count). The molecule has 0 aromatic carbocycles. The highest BCUT2D eigenvalue weighted by molar-refractivity contribution is 7.98. The molecule has 112 valence electrons. The fraction of sp³-hybridized carbons (Fsp3) is 0.600. The van der Waals surface area contributed by atoms with Gasteiger partial charge in [0.05, 0.1) is 0 Å². The summed E-state index contributed by atoms with van der Waals surface area (Å²) in [6.07, 6.45) is 5.49. The number of nitrogens with zero attached hydrogens (tertiary/aromatic N) is 1. The molecule has 0 spiro atoms. The van der Waals surface area contributed by atoms with Crippen molar-refractivity contribution in [2.24, 2.45) is 0 Å². The molecule has 1 aromatic rings. The molecule has 0 aliphatic rings. The molecule has 1 heterocycles. The number of thioether (sulfide) groups is 1. The SMILES string of the molecule is CSCCCCCNC(=O)c1cc(N)nc(C(C)C)c1. The summed E-state index contributed by atoms with van der Waals surface area (Å²) in [5.41, 5.74) is 7.21. The summed E-state index contributed by atoms with van der Waals surface area (Å²) in [6.45, 7) is 4.79. The summed E-state index contributed by atoms with van der Waals surface area (Å²) >= 11 is 1.86. The van der Waals surface area contributed by atoms with Crippen LogP contribution >= 0.6 is 11.8 Å². The minimum Gasteiger partial charge on any atom is -0.384 e. The summed E-state index contributed by atoms with van der Waals surface area (Å²) in [7, 11) is 0. The zero-order valence-electron chi connectivity index (χ0n) is 12.6. The maximum Gasteiger partial charge on any atom is 0.251 e. The van der Waals surface area contributed by atoms with E-state index in [-0.39, 0.29) is 11.8 Å². The first-order valence-electron chi connectivity index (χ1n) is 7.09. The summed E-state index contributed by atoms with van der Waals surface area (Å²) in [5.74, 6) is 1.79. The van der Waals surface area contributed by atoms with E-state index in [1.165, 1.54) is 12.2 Å². The number of unbranched alkanes of at least 4 members (excludes halogenated alkanes) is 2. The minimum absolute atomic E-state index is 0.0640. The van der Waals surface area contributed by atoms with Gasteiger partial charge in [0.25, 0.3) is 5.91 Å². The molecule has 0 saturated heterocycles. The third kappa shape index (κ3) is 5.82. The average molecular weight is 295 g/mol. The lowest BCUT2D eigenvalue weighted by Gasteiger charge is -2.09. The zero-order chi connectivity index (χ0) is 15.0. The molecular formula is C15H25N3OS. The first kappa shape index (κ1) is 16.8. The molecule has 4 nitrogen and oxygen atoms in total. The van der Waals surface area contributed by atoms with E-state index in [9.17, 15) is 4.79 Å². The molecular weight excluding hydrogens is 270 g/mol. The van der Waals surface area contributed by atoms with Gasteiger partial charge in [-0.2, -0.15) is 11.8 Å². The zero-order valence-corrected chi connectivity index (χ0v) is 13.4. The van der Waals surface area contributed by atoms with Crippen molar-refractivity contribution < 1.29 is 4.79 Å². The Labute approximate surface area is 125 Å². The second-order valence-electron chi connectivity index (χ2n) is 5.17. The van der Waals surface area contributed by atoms with Crippen LogP contribution in [-0.4, -0.2) is 29.4 Å². The molecule has 3 N–H and O–H groups in total. The summed E-state index contributed by atoms with van der Waals surface area (Å²) in [6, 6.07) is 3.46. The summed E-state index contributed by atoms with van der Waals surface area (Å²) in [5, 5.41) is 2.94. The molecule has 1 aromatic heterocycles. The standard InChI is InChI=1S/C15H25N3OS/c1-11(2)13-9-12(10-14(16)18-13)15(19)17-7-5-4-6-8-20-3/h9-11H,4-8H2,1-3H3,(H2,16,18)(H,17,19). The van der Waals surface area contributed by atoms with Crippen LogP contribution in [0.2, 0.25) is 0 Å². The number of nitrogen functional groups attached to an aromatic ring is 1. The Morgan fingerprint density at radius 1 is 1.35 bits per heavy atom. The second kappa shape index (κ2) is 8.84. The number of nitrogens with two attached hydrogens (primary N) is 1. The van der Waals surface area contributed by atoms with Crippen LogP contribution in [0, 0.1) is 0 Å². The monoisotopic (exact) mass is 295 g/mol. The van der Waals surface area contributed by atoms with E-state index in [0.29, 0.717) is 17.9 Å². The average Bonchev–Trinajstić information content (AvgIpc) is 2.41. The molecule has 0 aliphatic carbocycles. The van der Waals surface area contributed by atoms with Crippen LogP contribution in [0.4, 0.5) is 5.82 Å². The quantitative estimate of drug-likeness (QED) is 0.723. The van der Waals surface area contributed by atoms with Gasteiger partial charge >= 0.3 is 0 Å². The van der Waals surface area contributed by atoms with E-state index in [4.69, 9.17) is 5.73 Å². The highest BCUT2D eigenvalue weighted by Gasteiger charge is 2.10. The molecule has 20 heavy (non-hydrogen) atoms. The minimum atomic E-state index is -0.0640. The van der Waals surface area contributed by atoms with Gasteiger partial charge in [-0.3, -0.25) is 4.79 Å². The van der Waals surface area contributed by atoms with Crippen LogP contribution in [0.1, 0.15) is 55.1 Å². The van der Waals surface area contributed by atoms with Crippen LogP contribution in [0.3, 0.4) is 0 Å². The van der Waals surface area contributed by atoms with Crippen molar-refractivity contribution in [3.05, 3.63) is 23.4 Å². The molecule has 0 bridgehead atoms. The van der Waals surface area contributed by atoms with Gasteiger partial charge in [-0.25, -0.2) is 4.98 Å². The van der Waals surface area contributed by atoms with E-state index in [0.717, 1.165) is 18.5 Å². The smallest absolute Gasteiger partial charge is 0.251 e. The second-order valence-corrected chi connectivity index (χ2v) is 6.16. The lowest BCUT2D eigenvalue weighted by molar-refractivity contribution is 0.0953. The van der Waals surface area contributed by atoms with Gasteiger partial charge in [-0.1, -0.05) is 20.3 Å². The van der Waals surface area contributed by atoms with Crippen molar-refractivity contribution in [1.82, 2.24) is 10.3 Å². The molecule has 0 aliphatic heterocycles. The van der Waals surface area contributed by atoms with Crippen molar-refractivity contribution in [3.8, 4) is 0 Å². The van der Waals surface area contributed by atoms with Gasteiger partial charge in [0.2, 0.25) is 0 Å². The molecule has 5 heteroatoms. The van der Waals surface area contributed by atoms with Gasteiger partial charge in [0.15, 0.2) is 0 Å². The Kier molecular flexibility index (Phi) is 7.44. The van der Waals surface area contributed by atoms with Crippen LogP contribution < -0.4 is 11.1 Å². The number of carbonyl (C=O) groups is 1. The van der Waals surface area contributed by atoms with Crippen molar-refractivity contribution in [3.63, 3.8) is 0 Å². The van der Waals surface area contributed by atoms with Crippen LogP contribution in [-0.2, 0) is 0 Å². The first-order chi connectivity index (χ1) is 9.54. The fourth-order valence-corrected chi connectivity index (χ4v) is 2.35. The van der Waals surface area contributed by atoms with Crippen LogP contribution in [0.5, 0.6) is 0 Å². The molecule has 1 amide bonds. The molecule has 0 fully saturated rings. The molecule has 0 unspecified atom stereocenters. The maximum atomic E-state index is 12.1. The Morgan fingerprint density at radius 2 is 2.10 bits per heavy atom. The van der Waals surface area contributed by atoms with Crippen molar-refractivity contribution in [2.75, 3.05) is 24.3 Å². The number of hydrogen-bond donors (Lipinski definition) is 2. The Hall–Kier alpha value is -1.23. The number of amides is 1. The third-order valence-electron chi connectivity index (χ3n) is 3.03. The highest BCUT2D eigenvalue weighted by Crippen LogP contribution is 2.16. The number of anilines is 1. The van der Waals surface area contributed by atoms with Gasteiger partial charge < -0.3 is 11.1 Å². The number of aromatic nitrogens is 1.